The number of ether oxygens (including phenoxy) is 1. The van der Waals surface area contributed by atoms with E-state index in [-0.39, 0.29) is 5.92 Å². The predicted molar refractivity (Wildman–Crippen MR) is 72.6 cm³/mol. The molecule has 2 rings (SSSR count). The van der Waals surface area contributed by atoms with Crippen molar-refractivity contribution >= 4 is 5.78 Å². The van der Waals surface area contributed by atoms with Gasteiger partial charge in [0.15, 0.2) is 0 Å². The number of rotatable bonds is 3. The van der Waals surface area contributed by atoms with Gasteiger partial charge in [0.05, 0.1) is 19.1 Å². The van der Waals surface area contributed by atoms with Crippen molar-refractivity contribution in [2.45, 2.75) is 52.0 Å². The summed E-state index contributed by atoms with van der Waals surface area (Å²) in [5.74, 6) is 0.503. The summed E-state index contributed by atoms with van der Waals surface area (Å²) < 4.78 is 5.43. The van der Waals surface area contributed by atoms with E-state index in [1.807, 2.05) is 0 Å². The highest BCUT2D eigenvalue weighted by Crippen LogP contribution is 2.36. The first-order chi connectivity index (χ1) is 8.48. The molecule has 0 bridgehead atoms. The fraction of sp³-hybridized carbons (Fsp3) is 0.933. The van der Waals surface area contributed by atoms with Gasteiger partial charge in [-0.2, -0.15) is 0 Å². The van der Waals surface area contributed by atoms with Gasteiger partial charge in [-0.1, -0.05) is 13.8 Å². The van der Waals surface area contributed by atoms with Crippen molar-refractivity contribution in [3.63, 3.8) is 0 Å². The SMILES string of the molecule is CN(CC1COCCC1=O)C1CCC(C)(C)CC1. The van der Waals surface area contributed by atoms with Crippen molar-refractivity contribution in [2.24, 2.45) is 11.3 Å². The van der Waals surface area contributed by atoms with Gasteiger partial charge in [0.2, 0.25) is 0 Å². The molecule has 0 amide bonds. The molecule has 3 heteroatoms. The minimum atomic E-state index is 0.110. The van der Waals surface area contributed by atoms with Crippen LogP contribution in [0.2, 0.25) is 0 Å². The molecule has 1 aliphatic heterocycles. The Bertz CT molecular complexity index is 291. The molecule has 1 atom stereocenters. The van der Waals surface area contributed by atoms with E-state index >= 15 is 0 Å². The van der Waals surface area contributed by atoms with Crippen LogP contribution < -0.4 is 0 Å². The highest BCUT2D eigenvalue weighted by Gasteiger charge is 2.31. The third-order valence-electron chi connectivity index (χ3n) is 4.71. The topological polar surface area (TPSA) is 29.5 Å². The Hall–Kier alpha value is -0.410. The lowest BCUT2D eigenvalue weighted by atomic mass is 9.75. The number of hydrogen-bond acceptors (Lipinski definition) is 3. The molecule has 3 nitrogen and oxygen atoms in total. The zero-order valence-electron chi connectivity index (χ0n) is 12.1. The largest absolute Gasteiger partial charge is 0.380 e. The maximum Gasteiger partial charge on any atom is 0.141 e. The Kier molecular flexibility index (Phi) is 4.44. The molecular weight excluding hydrogens is 226 g/mol. The van der Waals surface area contributed by atoms with Gasteiger partial charge in [-0.25, -0.2) is 0 Å². The zero-order chi connectivity index (χ0) is 13.2. The Balaban J connectivity index is 1.81. The molecule has 0 aromatic carbocycles. The van der Waals surface area contributed by atoms with Crippen LogP contribution in [-0.4, -0.2) is 43.5 Å². The molecule has 1 saturated heterocycles. The molecule has 2 fully saturated rings. The van der Waals surface area contributed by atoms with Crippen LogP contribution in [-0.2, 0) is 9.53 Å². The Morgan fingerprint density at radius 3 is 2.61 bits per heavy atom. The second-order valence-electron chi connectivity index (χ2n) is 6.82. The van der Waals surface area contributed by atoms with E-state index in [1.54, 1.807) is 0 Å². The first-order valence-electron chi connectivity index (χ1n) is 7.29. The summed E-state index contributed by atoms with van der Waals surface area (Å²) in [6.07, 6.45) is 5.75. The summed E-state index contributed by atoms with van der Waals surface area (Å²) in [7, 11) is 2.17. The average Bonchev–Trinajstić information content (AvgIpc) is 2.32. The van der Waals surface area contributed by atoms with Crippen molar-refractivity contribution in [3.05, 3.63) is 0 Å². The predicted octanol–water partition coefficient (Wildman–Crippen LogP) is 2.49. The number of carbonyl (C=O) groups is 1. The molecule has 0 radical (unpaired) electrons. The van der Waals surface area contributed by atoms with E-state index in [2.05, 4.69) is 25.8 Å². The van der Waals surface area contributed by atoms with Gasteiger partial charge in [0.25, 0.3) is 0 Å². The summed E-state index contributed by atoms with van der Waals surface area (Å²) in [5, 5.41) is 0. The minimum Gasteiger partial charge on any atom is -0.380 e. The number of nitrogens with zero attached hydrogens (tertiary/aromatic N) is 1. The van der Waals surface area contributed by atoms with E-state index in [1.165, 1.54) is 25.7 Å². The standard InChI is InChI=1S/C15H27NO2/c1-15(2)7-4-13(5-8-15)16(3)10-12-11-18-9-6-14(12)17/h12-13H,4-11H2,1-3H3. The molecule has 1 saturated carbocycles. The lowest BCUT2D eigenvalue weighted by molar-refractivity contribution is -0.131. The second-order valence-corrected chi connectivity index (χ2v) is 6.82. The number of hydrogen-bond donors (Lipinski definition) is 0. The smallest absolute Gasteiger partial charge is 0.141 e. The zero-order valence-corrected chi connectivity index (χ0v) is 12.1. The molecule has 0 spiro atoms. The van der Waals surface area contributed by atoms with Crippen LogP contribution >= 0.6 is 0 Å². The first-order valence-corrected chi connectivity index (χ1v) is 7.29. The minimum absolute atomic E-state index is 0.110. The molecule has 1 heterocycles. The van der Waals surface area contributed by atoms with E-state index in [0.717, 1.165) is 6.54 Å². The molecule has 0 aromatic heterocycles. The van der Waals surface area contributed by atoms with Crippen molar-refractivity contribution in [3.8, 4) is 0 Å². The molecule has 0 N–H and O–H groups in total. The third kappa shape index (κ3) is 3.55. The molecule has 18 heavy (non-hydrogen) atoms. The monoisotopic (exact) mass is 253 g/mol. The lowest BCUT2D eigenvalue weighted by Crippen LogP contribution is -2.43. The maximum atomic E-state index is 11.8. The molecule has 104 valence electrons. The average molecular weight is 253 g/mol. The van der Waals surface area contributed by atoms with Gasteiger partial charge in [-0.15, -0.1) is 0 Å². The van der Waals surface area contributed by atoms with Gasteiger partial charge in [0, 0.05) is 19.0 Å². The second kappa shape index (κ2) is 5.70. The van der Waals surface area contributed by atoms with Gasteiger partial charge < -0.3 is 9.64 Å². The van der Waals surface area contributed by atoms with Crippen LogP contribution in [0, 0.1) is 11.3 Å². The Morgan fingerprint density at radius 2 is 2.00 bits per heavy atom. The summed E-state index contributed by atoms with van der Waals surface area (Å²) in [6, 6.07) is 0.660. The van der Waals surface area contributed by atoms with Gasteiger partial charge in [-0.05, 0) is 38.1 Å². The van der Waals surface area contributed by atoms with Gasteiger partial charge >= 0.3 is 0 Å². The van der Waals surface area contributed by atoms with Crippen LogP contribution in [0.15, 0.2) is 0 Å². The van der Waals surface area contributed by atoms with Crippen molar-refractivity contribution in [1.29, 1.82) is 0 Å². The van der Waals surface area contributed by atoms with E-state index < -0.39 is 0 Å². The van der Waals surface area contributed by atoms with Gasteiger partial charge in [-0.3, -0.25) is 4.79 Å². The summed E-state index contributed by atoms with van der Waals surface area (Å²) in [4.78, 5) is 14.2. The summed E-state index contributed by atoms with van der Waals surface area (Å²) >= 11 is 0. The number of ketones is 1. The van der Waals surface area contributed by atoms with E-state index in [4.69, 9.17) is 4.74 Å². The van der Waals surface area contributed by atoms with Crippen LogP contribution in [0.4, 0.5) is 0 Å². The van der Waals surface area contributed by atoms with Crippen LogP contribution in [0.3, 0.4) is 0 Å². The normalized spacial score (nSPS) is 29.8. The Morgan fingerprint density at radius 1 is 1.33 bits per heavy atom. The van der Waals surface area contributed by atoms with Crippen molar-refractivity contribution in [2.75, 3.05) is 26.8 Å². The van der Waals surface area contributed by atoms with Crippen LogP contribution in [0.5, 0.6) is 0 Å². The molecule has 2 aliphatic rings. The summed E-state index contributed by atoms with van der Waals surface area (Å²) in [5.41, 5.74) is 0.515. The molecular formula is C15H27NO2. The summed E-state index contributed by atoms with van der Waals surface area (Å²) in [6.45, 7) is 6.85. The fourth-order valence-corrected chi connectivity index (χ4v) is 3.17. The molecule has 0 aromatic rings. The Labute approximate surface area is 111 Å². The highest BCUT2D eigenvalue weighted by molar-refractivity contribution is 5.82. The van der Waals surface area contributed by atoms with E-state index in [9.17, 15) is 4.79 Å². The van der Waals surface area contributed by atoms with Crippen molar-refractivity contribution in [1.82, 2.24) is 4.90 Å². The van der Waals surface area contributed by atoms with Crippen molar-refractivity contribution < 1.29 is 9.53 Å². The number of carbonyl (C=O) groups excluding carboxylic acids is 1. The quantitative estimate of drug-likeness (QED) is 0.774. The van der Waals surface area contributed by atoms with Crippen LogP contribution in [0.25, 0.3) is 0 Å². The first kappa shape index (κ1) is 14.0. The van der Waals surface area contributed by atoms with Gasteiger partial charge in [0.1, 0.15) is 5.78 Å². The van der Waals surface area contributed by atoms with E-state index in [0.29, 0.717) is 36.9 Å². The molecule has 1 aliphatic carbocycles. The lowest BCUT2D eigenvalue weighted by Gasteiger charge is -2.39. The maximum absolute atomic E-state index is 11.8. The molecule has 1 unspecified atom stereocenters. The number of Topliss-reactive ketones (excluding diaryl/α,β-unsaturated/α-hetero) is 1. The van der Waals surface area contributed by atoms with Crippen LogP contribution in [0.1, 0.15) is 46.0 Å². The highest BCUT2D eigenvalue weighted by atomic mass is 16.5. The third-order valence-corrected chi connectivity index (χ3v) is 4.71. The fourth-order valence-electron chi connectivity index (χ4n) is 3.17.